The molecule has 5 heteroatoms. The summed E-state index contributed by atoms with van der Waals surface area (Å²) in [7, 11) is 1.76. The normalized spacial score (nSPS) is 9.17. The first-order chi connectivity index (χ1) is 5.72. The highest BCUT2D eigenvalue weighted by Crippen LogP contribution is 2.08. The van der Waals surface area contributed by atoms with Gasteiger partial charge in [0.15, 0.2) is 0 Å². The second-order valence-electron chi connectivity index (χ2n) is 2.09. The van der Waals surface area contributed by atoms with E-state index in [1.807, 2.05) is 0 Å². The van der Waals surface area contributed by atoms with Crippen molar-refractivity contribution in [3.8, 4) is 0 Å². The van der Waals surface area contributed by atoms with E-state index in [0.29, 0.717) is 11.6 Å². The van der Waals surface area contributed by atoms with Crippen LogP contribution in [0.5, 0.6) is 0 Å². The van der Waals surface area contributed by atoms with Crippen molar-refractivity contribution in [3.63, 3.8) is 0 Å². The van der Waals surface area contributed by atoms with Gasteiger partial charge in [0.25, 0.3) is 5.24 Å². The van der Waals surface area contributed by atoms with E-state index in [0.717, 1.165) is 0 Å². The second-order valence-corrected chi connectivity index (χ2v) is 2.49. The molecule has 0 saturated heterocycles. The average Bonchev–Trinajstić information content (AvgIpc) is 2.03. The van der Waals surface area contributed by atoms with Gasteiger partial charge in [-0.3, -0.25) is 4.79 Å². The lowest BCUT2D eigenvalue weighted by Crippen LogP contribution is -2.04. The summed E-state index contributed by atoms with van der Waals surface area (Å²) >= 11 is 3.56. The number of carbonyl (C=O) groups excluding carboxylic acids is 1. The zero-order valence-electron chi connectivity index (χ0n) is 6.53. The third-order valence-corrected chi connectivity index (χ3v) is 1.35. The minimum absolute atomic E-state index is 0.421. The first kappa shape index (κ1) is 8.86. The third-order valence-electron chi connectivity index (χ3n) is 1.24. The zero-order chi connectivity index (χ0) is 8.97. The summed E-state index contributed by atoms with van der Waals surface area (Å²) in [6.07, 6.45) is 0. The lowest BCUT2D eigenvalue weighted by atomic mass is 10.4. The van der Waals surface area contributed by atoms with Crippen LogP contribution in [0.15, 0.2) is 18.2 Å². The molecule has 1 rings (SSSR count). The molecular formula is C7H9N3OS. The Kier molecular flexibility index (Phi) is 2.93. The van der Waals surface area contributed by atoms with Crippen molar-refractivity contribution in [2.75, 3.05) is 17.7 Å². The Labute approximate surface area is 75.8 Å². The van der Waals surface area contributed by atoms with Gasteiger partial charge in [-0.1, -0.05) is 18.7 Å². The fraction of sp³-hybridized carbons (Fsp3) is 0.143. The molecule has 0 atom stereocenters. The monoisotopic (exact) mass is 183 g/mol. The lowest BCUT2D eigenvalue weighted by Gasteiger charge is -2.02. The highest BCUT2D eigenvalue weighted by atomic mass is 32.1. The molecule has 2 N–H and O–H groups in total. The Bertz CT molecular complexity index is 290. The Morgan fingerprint density at radius 3 is 2.75 bits per heavy atom. The van der Waals surface area contributed by atoms with Gasteiger partial charge in [-0.15, -0.1) is 0 Å². The minimum Gasteiger partial charge on any atom is -0.373 e. The number of nitrogens with one attached hydrogen (secondary N) is 2. The molecule has 4 nitrogen and oxygen atoms in total. The van der Waals surface area contributed by atoms with Crippen LogP contribution >= 0.6 is 12.6 Å². The molecule has 0 aliphatic rings. The summed E-state index contributed by atoms with van der Waals surface area (Å²) in [6.45, 7) is 0. The largest absolute Gasteiger partial charge is 0.373 e. The number of hydrogen-bond acceptors (Lipinski definition) is 3. The van der Waals surface area contributed by atoms with Gasteiger partial charge in [0, 0.05) is 7.05 Å². The van der Waals surface area contributed by atoms with Crippen LogP contribution in [0.25, 0.3) is 0 Å². The predicted octanol–water partition coefficient (Wildman–Crippen LogP) is 1.58. The van der Waals surface area contributed by atoms with Crippen molar-refractivity contribution in [1.82, 2.24) is 4.98 Å². The summed E-state index contributed by atoms with van der Waals surface area (Å²) in [6, 6.07) is 5.28. The third kappa shape index (κ3) is 2.43. The van der Waals surface area contributed by atoms with E-state index >= 15 is 0 Å². The zero-order valence-corrected chi connectivity index (χ0v) is 7.43. The maximum absolute atomic E-state index is 10.5. The van der Waals surface area contributed by atoms with E-state index in [1.54, 1.807) is 25.2 Å². The Morgan fingerprint density at radius 1 is 1.50 bits per heavy atom. The van der Waals surface area contributed by atoms with Gasteiger partial charge in [0.05, 0.1) is 0 Å². The topological polar surface area (TPSA) is 54.0 Å². The maximum Gasteiger partial charge on any atom is 0.281 e. The van der Waals surface area contributed by atoms with Crippen LogP contribution in [0.1, 0.15) is 0 Å². The Morgan fingerprint density at radius 2 is 2.17 bits per heavy atom. The molecule has 0 radical (unpaired) electrons. The number of rotatable bonds is 2. The molecule has 0 bridgehead atoms. The highest BCUT2D eigenvalue weighted by Gasteiger charge is 1.97. The molecule has 1 heterocycles. The van der Waals surface area contributed by atoms with E-state index < -0.39 is 5.24 Å². The summed E-state index contributed by atoms with van der Waals surface area (Å²) < 4.78 is 0. The minimum atomic E-state index is -0.421. The number of carbonyl (C=O) groups is 1. The van der Waals surface area contributed by atoms with Crippen LogP contribution < -0.4 is 10.6 Å². The quantitative estimate of drug-likeness (QED) is 0.610. The molecule has 0 aliphatic carbocycles. The van der Waals surface area contributed by atoms with E-state index in [1.165, 1.54) is 0 Å². The fourth-order valence-corrected chi connectivity index (χ4v) is 0.868. The van der Waals surface area contributed by atoms with Gasteiger partial charge >= 0.3 is 0 Å². The Hall–Kier alpha value is -1.23. The van der Waals surface area contributed by atoms with Crippen LogP contribution in [-0.2, 0) is 0 Å². The van der Waals surface area contributed by atoms with Gasteiger partial charge in [0.2, 0.25) is 0 Å². The smallest absolute Gasteiger partial charge is 0.281 e. The molecule has 1 amide bonds. The lowest BCUT2D eigenvalue weighted by molar-refractivity contribution is 0.270. The second kappa shape index (κ2) is 3.96. The van der Waals surface area contributed by atoms with Crippen molar-refractivity contribution in [3.05, 3.63) is 18.2 Å². The molecular weight excluding hydrogens is 174 g/mol. The number of amides is 1. The number of aromatic nitrogens is 1. The van der Waals surface area contributed by atoms with Crippen LogP contribution in [-0.4, -0.2) is 17.3 Å². The number of nitrogens with zero attached hydrogens (tertiary/aromatic N) is 1. The fourth-order valence-electron chi connectivity index (χ4n) is 0.753. The summed E-state index contributed by atoms with van der Waals surface area (Å²) in [5.74, 6) is 1.19. The molecule has 1 aromatic heterocycles. The van der Waals surface area contributed by atoms with Crippen LogP contribution in [0.2, 0.25) is 0 Å². The SMILES string of the molecule is CNc1cccc(NC(=O)S)n1. The first-order valence-electron chi connectivity index (χ1n) is 3.37. The molecule has 0 spiro atoms. The maximum atomic E-state index is 10.5. The van der Waals surface area contributed by atoms with Crippen molar-refractivity contribution >= 4 is 29.5 Å². The molecule has 0 aromatic carbocycles. The highest BCUT2D eigenvalue weighted by molar-refractivity contribution is 7.96. The van der Waals surface area contributed by atoms with Crippen molar-refractivity contribution in [2.45, 2.75) is 0 Å². The van der Waals surface area contributed by atoms with Crippen molar-refractivity contribution in [2.24, 2.45) is 0 Å². The standard InChI is InChI=1S/C7H9N3OS/c1-8-5-3-2-4-6(9-5)10-7(11)12/h2-4H,1H3,(H3,8,9,10,11,12). The van der Waals surface area contributed by atoms with E-state index in [9.17, 15) is 4.79 Å². The molecule has 0 saturated carbocycles. The molecule has 0 aliphatic heterocycles. The summed E-state index contributed by atoms with van der Waals surface area (Å²) in [4.78, 5) is 14.5. The number of thiol groups is 1. The van der Waals surface area contributed by atoms with Crippen LogP contribution in [0, 0.1) is 0 Å². The van der Waals surface area contributed by atoms with E-state index in [-0.39, 0.29) is 0 Å². The average molecular weight is 183 g/mol. The van der Waals surface area contributed by atoms with Gasteiger partial charge in [-0.25, -0.2) is 4.98 Å². The van der Waals surface area contributed by atoms with Gasteiger partial charge in [-0.2, -0.15) is 0 Å². The van der Waals surface area contributed by atoms with E-state index in [4.69, 9.17) is 0 Å². The van der Waals surface area contributed by atoms with Gasteiger partial charge < -0.3 is 10.6 Å². The van der Waals surface area contributed by atoms with Crippen LogP contribution in [0.4, 0.5) is 16.4 Å². The molecule has 0 fully saturated rings. The summed E-state index contributed by atoms with van der Waals surface area (Å²) in [5.41, 5.74) is 0. The number of hydrogen-bond donors (Lipinski definition) is 3. The van der Waals surface area contributed by atoms with Gasteiger partial charge in [0.1, 0.15) is 11.6 Å². The first-order valence-corrected chi connectivity index (χ1v) is 3.82. The number of pyridine rings is 1. The predicted molar refractivity (Wildman–Crippen MR) is 51.8 cm³/mol. The molecule has 12 heavy (non-hydrogen) atoms. The molecule has 64 valence electrons. The molecule has 1 aromatic rings. The van der Waals surface area contributed by atoms with Crippen molar-refractivity contribution in [1.29, 1.82) is 0 Å². The van der Waals surface area contributed by atoms with Gasteiger partial charge in [-0.05, 0) is 12.1 Å². The number of anilines is 2. The Balaban J connectivity index is 2.79. The molecule has 0 unspecified atom stereocenters. The van der Waals surface area contributed by atoms with Crippen molar-refractivity contribution < 1.29 is 4.79 Å². The summed E-state index contributed by atoms with van der Waals surface area (Å²) in [5, 5.41) is 4.89. The van der Waals surface area contributed by atoms with E-state index in [2.05, 4.69) is 28.2 Å². The van der Waals surface area contributed by atoms with Crippen LogP contribution in [0.3, 0.4) is 0 Å².